The fourth-order valence-electron chi connectivity index (χ4n) is 3.41. The second-order valence-electron chi connectivity index (χ2n) is 6.94. The Labute approximate surface area is 197 Å². The minimum Gasteiger partial charge on any atom is -0.504 e. The standard InChI is InChI=1S/C22H13Cl4NO4/c23-17-15-16(18(24)20(26)19(17)25)22(31)27(21(15)30)12-6-3-10(4-7-12)1-2-11-5-8-13(28)14(29)9-11/h3-9,28-29H,1-2H2. The summed E-state index contributed by atoms with van der Waals surface area (Å²) in [6.07, 6.45) is 1.28. The summed E-state index contributed by atoms with van der Waals surface area (Å²) in [6, 6.07) is 11.6. The van der Waals surface area contributed by atoms with Gasteiger partial charge in [0.2, 0.25) is 0 Å². The number of aromatic hydroxyl groups is 2. The van der Waals surface area contributed by atoms with Gasteiger partial charge in [-0.15, -0.1) is 0 Å². The summed E-state index contributed by atoms with van der Waals surface area (Å²) < 4.78 is 0. The SMILES string of the molecule is O=C1c2c(Cl)c(Cl)c(Cl)c(Cl)c2C(=O)N1c1ccc(CCc2ccc(O)c(O)c2)cc1. The van der Waals surface area contributed by atoms with E-state index in [1.807, 2.05) is 0 Å². The molecule has 2 N–H and O–H groups in total. The van der Waals surface area contributed by atoms with E-state index in [1.54, 1.807) is 30.3 Å². The molecular formula is C22H13Cl4NO4. The lowest BCUT2D eigenvalue weighted by Gasteiger charge is -2.14. The number of amides is 2. The predicted molar refractivity (Wildman–Crippen MR) is 121 cm³/mol. The third-order valence-electron chi connectivity index (χ3n) is 5.04. The van der Waals surface area contributed by atoms with Crippen LogP contribution in [0.5, 0.6) is 11.5 Å². The van der Waals surface area contributed by atoms with Crippen molar-refractivity contribution in [2.45, 2.75) is 12.8 Å². The molecule has 5 nitrogen and oxygen atoms in total. The molecule has 0 aliphatic carbocycles. The van der Waals surface area contributed by atoms with Gasteiger partial charge in [0.15, 0.2) is 11.5 Å². The zero-order chi connectivity index (χ0) is 22.4. The zero-order valence-corrected chi connectivity index (χ0v) is 18.6. The molecule has 158 valence electrons. The highest BCUT2D eigenvalue weighted by Gasteiger charge is 2.42. The van der Waals surface area contributed by atoms with Gasteiger partial charge in [-0.05, 0) is 48.2 Å². The van der Waals surface area contributed by atoms with Gasteiger partial charge in [-0.1, -0.05) is 64.6 Å². The summed E-state index contributed by atoms with van der Waals surface area (Å²) in [7, 11) is 0. The maximum absolute atomic E-state index is 12.9. The third kappa shape index (κ3) is 3.72. The van der Waals surface area contributed by atoms with Crippen molar-refractivity contribution in [1.29, 1.82) is 0 Å². The molecule has 0 fully saturated rings. The molecule has 1 aliphatic heterocycles. The maximum atomic E-state index is 12.9. The number of benzene rings is 3. The monoisotopic (exact) mass is 495 g/mol. The van der Waals surface area contributed by atoms with Crippen LogP contribution in [0, 0.1) is 0 Å². The van der Waals surface area contributed by atoms with E-state index in [1.165, 1.54) is 12.1 Å². The first kappa shape index (κ1) is 21.8. The number of carbonyl (C=O) groups excluding carboxylic acids is 2. The van der Waals surface area contributed by atoms with Gasteiger partial charge in [-0.25, -0.2) is 4.90 Å². The molecule has 2 amide bonds. The zero-order valence-electron chi connectivity index (χ0n) is 15.6. The maximum Gasteiger partial charge on any atom is 0.267 e. The van der Waals surface area contributed by atoms with Crippen LogP contribution in [-0.2, 0) is 12.8 Å². The predicted octanol–water partition coefficient (Wildman–Crippen LogP) is 6.30. The van der Waals surface area contributed by atoms with Crippen molar-refractivity contribution in [2.24, 2.45) is 0 Å². The number of halogens is 4. The van der Waals surface area contributed by atoms with Crippen LogP contribution in [0.3, 0.4) is 0 Å². The van der Waals surface area contributed by atoms with Crippen LogP contribution in [0.4, 0.5) is 5.69 Å². The van der Waals surface area contributed by atoms with Crippen molar-refractivity contribution in [3.63, 3.8) is 0 Å². The van der Waals surface area contributed by atoms with E-state index in [4.69, 9.17) is 46.4 Å². The van der Waals surface area contributed by atoms with E-state index in [2.05, 4.69) is 0 Å². The quantitative estimate of drug-likeness (QED) is 0.192. The van der Waals surface area contributed by atoms with Gasteiger partial charge in [0.1, 0.15) is 0 Å². The topological polar surface area (TPSA) is 77.8 Å². The molecule has 4 rings (SSSR count). The van der Waals surface area contributed by atoms with Crippen LogP contribution < -0.4 is 4.90 Å². The molecular weight excluding hydrogens is 484 g/mol. The number of anilines is 1. The molecule has 0 atom stereocenters. The first-order chi connectivity index (χ1) is 14.7. The van der Waals surface area contributed by atoms with Gasteiger partial charge in [-0.3, -0.25) is 9.59 Å². The number of imide groups is 1. The molecule has 0 saturated carbocycles. The van der Waals surface area contributed by atoms with Gasteiger partial charge >= 0.3 is 0 Å². The van der Waals surface area contributed by atoms with Crippen molar-refractivity contribution >= 4 is 63.9 Å². The van der Waals surface area contributed by atoms with E-state index >= 15 is 0 Å². The van der Waals surface area contributed by atoms with Crippen LogP contribution in [0.2, 0.25) is 20.1 Å². The number of rotatable bonds is 4. The van der Waals surface area contributed by atoms with E-state index in [0.29, 0.717) is 18.5 Å². The molecule has 1 aliphatic rings. The minimum absolute atomic E-state index is 0.0673. The lowest BCUT2D eigenvalue weighted by Crippen LogP contribution is -2.29. The van der Waals surface area contributed by atoms with Crippen LogP contribution in [-0.4, -0.2) is 22.0 Å². The van der Waals surface area contributed by atoms with Gasteiger partial charge in [-0.2, -0.15) is 0 Å². The lowest BCUT2D eigenvalue weighted by atomic mass is 10.0. The summed E-state index contributed by atoms with van der Waals surface area (Å²) >= 11 is 24.4. The van der Waals surface area contributed by atoms with Gasteiger partial charge < -0.3 is 10.2 Å². The Morgan fingerprint density at radius 1 is 0.645 bits per heavy atom. The van der Waals surface area contributed by atoms with Crippen LogP contribution >= 0.6 is 46.4 Å². The third-order valence-corrected chi connectivity index (χ3v) is 6.84. The fourth-order valence-corrected chi connectivity index (χ4v) is 4.42. The number of nitrogens with zero attached hydrogens (tertiary/aromatic N) is 1. The highest BCUT2D eigenvalue weighted by Crippen LogP contribution is 2.45. The number of phenolic OH excluding ortho intramolecular Hbond substituents is 2. The smallest absolute Gasteiger partial charge is 0.267 e. The summed E-state index contributed by atoms with van der Waals surface area (Å²) in [6.45, 7) is 0. The summed E-state index contributed by atoms with van der Waals surface area (Å²) in [5, 5.41) is 18.6. The molecule has 3 aromatic carbocycles. The van der Waals surface area contributed by atoms with Crippen molar-refractivity contribution in [1.82, 2.24) is 0 Å². The molecule has 1 heterocycles. The molecule has 31 heavy (non-hydrogen) atoms. The Balaban J connectivity index is 1.57. The fraction of sp³-hybridized carbons (Fsp3) is 0.0909. The molecule has 0 saturated heterocycles. The Hall–Kier alpha value is -2.44. The van der Waals surface area contributed by atoms with Gasteiger partial charge in [0.05, 0.1) is 36.9 Å². The number of fused-ring (bicyclic) bond motifs is 1. The van der Waals surface area contributed by atoms with Crippen molar-refractivity contribution in [3.05, 3.63) is 84.8 Å². The summed E-state index contributed by atoms with van der Waals surface area (Å²) in [5.74, 6) is -1.59. The molecule has 0 aromatic heterocycles. The lowest BCUT2D eigenvalue weighted by molar-refractivity contribution is 0.0926. The van der Waals surface area contributed by atoms with Crippen molar-refractivity contribution in [3.8, 4) is 11.5 Å². The van der Waals surface area contributed by atoms with E-state index in [9.17, 15) is 19.8 Å². The molecule has 3 aromatic rings. The van der Waals surface area contributed by atoms with Crippen LogP contribution in [0.15, 0.2) is 42.5 Å². The molecule has 9 heteroatoms. The summed E-state index contributed by atoms with van der Waals surface area (Å²) in [5.41, 5.74) is 2.04. The molecule has 0 unspecified atom stereocenters. The van der Waals surface area contributed by atoms with E-state index < -0.39 is 11.8 Å². The van der Waals surface area contributed by atoms with Crippen molar-refractivity contribution in [2.75, 3.05) is 4.90 Å². The average molecular weight is 497 g/mol. The summed E-state index contributed by atoms with van der Waals surface area (Å²) in [4.78, 5) is 26.8. The Bertz CT molecular complexity index is 1190. The minimum atomic E-state index is -0.627. The first-order valence-electron chi connectivity index (χ1n) is 9.05. The normalized spacial score (nSPS) is 13.1. The number of phenols is 2. The number of aryl methyl sites for hydroxylation is 2. The number of hydrogen-bond donors (Lipinski definition) is 2. The second-order valence-corrected chi connectivity index (χ2v) is 8.45. The van der Waals surface area contributed by atoms with Crippen molar-refractivity contribution < 1.29 is 19.8 Å². The molecule has 0 radical (unpaired) electrons. The Kier molecular flexibility index (Phi) is 5.79. The van der Waals surface area contributed by atoms with E-state index in [0.717, 1.165) is 16.0 Å². The van der Waals surface area contributed by atoms with E-state index in [-0.39, 0.29) is 42.7 Å². The number of hydrogen-bond acceptors (Lipinski definition) is 4. The highest BCUT2D eigenvalue weighted by molar-refractivity contribution is 6.56. The van der Waals surface area contributed by atoms with Crippen LogP contribution in [0.1, 0.15) is 31.8 Å². The van der Waals surface area contributed by atoms with Gasteiger partial charge in [0, 0.05) is 0 Å². The Morgan fingerprint density at radius 3 is 1.65 bits per heavy atom. The molecule has 0 spiro atoms. The average Bonchev–Trinajstić information content (AvgIpc) is 3.02. The second kappa shape index (κ2) is 8.24. The van der Waals surface area contributed by atoms with Crippen LogP contribution in [0.25, 0.3) is 0 Å². The number of carbonyl (C=O) groups is 2. The van der Waals surface area contributed by atoms with Gasteiger partial charge in [0.25, 0.3) is 11.8 Å². The molecule has 0 bridgehead atoms. The first-order valence-corrected chi connectivity index (χ1v) is 10.6. The highest BCUT2D eigenvalue weighted by atomic mass is 35.5. The largest absolute Gasteiger partial charge is 0.504 e. The Morgan fingerprint density at radius 2 is 1.13 bits per heavy atom.